The summed E-state index contributed by atoms with van der Waals surface area (Å²) >= 11 is 0. The largest absolute Gasteiger partial charge is 2.00 e. The van der Waals surface area contributed by atoms with Crippen LogP contribution >= 0.6 is 0 Å². The maximum absolute atomic E-state index is 2.86. The number of aromatic nitrogens is 1. The average molecular weight is 93.4 g/mol. The van der Waals surface area contributed by atoms with Gasteiger partial charge in [0.2, 0.25) is 0 Å². The quantitative estimate of drug-likeness (QED) is 0.458. The number of rotatable bonds is 0. The number of hydrogen-bond acceptors (Lipinski definition) is 0. The number of hydrogen-bond donors (Lipinski definition) is 1. The third-order valence-electron chi connectivity index (χ3n) is 0.496. The predicted octanol–water partition coefficient (Wildman–Crippen LogP) is 0.859. The first-order valence-electron chi connectivity index (χ1n) is 1.58. The first kappa shape index (κ1) is 6.05. The van der Waals surface area contributed by atoms with E-state index in [9.17, 15) is 0 Å². The van der Waals surface area contributed by atoms with Crippen molar-refractivity contribution < 1.29 is 2.85 Å². The van der Waals surface area contributed by atoms with Gasteiger partial charge in [0.15, 0.2) is 0 Å². The van der Waals surface area contributed by atoms with Gasteiger partial charge in [-0.15, -0.1) is 0 Å². The van der Waals surface area contributed by atoms with Gasteiger partial charge in [-0.2, -0.15) is 0 Å². The summed E-state index contributed by atoms with van der Waals surface area (Å²) in [5.41, 5.74) is 0. The van der Waals surface area contributed by atoms with Crippen LogP contribution in [-0.2, 0) is 0 Å². The zero-order valence-corrected chi connectivity index (χ0v) is 4.93. The van der Waals surface area contributed by atoms with Crippen LogP contribution in [0.3, 0.4) is 0 Å². The van der Waals surface area contributed by atoms with Crippen LogP contribution in [0.4, 0.5) is 0 Å². The summed E-state index contributed by atoms with van der Waals surface area (Å²) in [6.45, 7) is 0. The summed E-state index contributed by atoms with van der Waals surface area (Å²) in [7, 11) is 0. The molecule has 1 N–H and O–H groups in total. The molecule has 2 heteroatoms. The second-order valence-electron chi connectivity index (χ2n) is 0.885. The van der Waals surface area contributed by atoms with Gasteiger partial charge in [-0.05, 0) is 12.1 Å². The Bertz CT molecular complexity index is 70.5. The van der Waals surface area contributed by atoms with Crippen LogP contribution in [-0.4, -0.2) is 28.0 Å². The summed E-state index contributed by atoms with van der Waals surface area (Å²) < 4.78 is 0. The van der Waals surface area contributed by atoms with Gasteiger partial charge >= 0.3 is 23.1 Å². The van der Waals surface area contributed by atoms with Crippen LogP contribution in [0.25, 0.3) is 0 Å². The molecule has 6 heavy (non-hydrogen) atoms. The van der Waals surface area contributed by atoms with E-state index >= 15 is 0 Å². The van der Waals surface area contributed by atoms with E-state index < -0.39 is 0 Å². The Hall–Kier alpha value is 0.0462. The molecule has 30 valence electrons. The Morgan fingerprint density at radius 1 is 1.17 bits per heavy atom. The van der Waals surface area contributed by atoms with Crippen LogP contribution in [0.1, 0.15) is 2.85 Å². The van der Waals surface area contributed by atoms with Crippen molar-refractivity contribution >= 4 is 23.1 Å². The average Bonchev–Trinajstić information content (AvgIpc) is 1.76. The van der Waals surface area contributed by atoms with Gasteiger partial charge in [-0.1, -0.05) is 0 Å². The molecule has 1 nitrogen and oxygen atoms in total. The summed E-state index contributed by atoms with van der Waals surface area (Å²) in [5, 5.41) is 0. The van der Waals surface area contributed by atoms with Crippen LogP contribution in [0.2, 0.25) is 0 Å². The third-order valence-corrected chi connectivity index (χ3v) is 0.496. The minimum absolute atomic E-state index is 0. The second kappa shape index (κ2) is 3.24. The predicted molar refractivity (Wildman–Crippen MR) is 28.8 cm³/mol. The number of aromatic amines is 1. The molecule has 0 unspecified atom stereocenters. The van der Waals surface area contributed by atoms with Crippen LogP contribution in [0.15, 0.2) is 24.5 Å². The number of nitrogens with one attached hydrogen (secondary N) is 1. The molecular formula is C4H7MgN. The Balaban J connectivity index is -0.0000000833. The smallest absolute Gasteiger partial charge is 1.00 e. The van der Waals surface area contributed by atoms with Crippen molar-refractivity contribution in [2.45, 2.75) is 0 Å². The van der Waals surface area contributed by atoms with E-state index in [-0.39, 0.29) is 25.9 Å². The zero-order chi connectivity index (χ0) is 3.54. The van der Waals surface area contributed by atoms with Crippen molar-refractivity contribution in [3.05, 3.63) is 24.5 Å². The molecule has 0 bridgehead atoms. The molecule has 0 aromatic carbocycles. The van der Waals surface area contributed by atoms with Crippen molar-refractivity contribution in [1.29, 1.82) is 0 Å². The molecule has 0 aliphatic heterocycles. The maximum atomic E-state index is 2.86. The molecule has 0 radical (unpaired) electrons. The maximum Gasteiger partial charge on any atom is 2.00 e. The molecule has 0 aliphatic rings. The summed E-state index contributed by atoms with van der Waals surface area (Å²) in [4.78, 5) is 2.86. The normalized spacial score (nSPS) is 6.67. The van der Waals surface area contributed by atoms with E-state index in [1.54, 1.807) is 0 Å². The summed E-state index contributed by atoms with van der Waals surface area (Å²) in [6, 6.07) is 3.89. The standard InChI is InChI=1S/C4H5N.Mg.2H/c1-2-4-5-3-1;;;/h1-5H;;;/q;+2;2*-1. The monoisotopic (exact) mass is 93.0 g/mol. The van der Waals surface area contributed by atoms with Crippen molar-refractivity contribution in [2.24, 2.45) is 0 Å². The van der Waals surface area contributed by atoms with E-state index in [1.807, 2.05) is 24.5 Å². The molecule has 0 atom stereocenters. The van der Waals surface area contributed by atoms with E-state index in [0.29, 0.717) is 0 Å². The van der Waals surface area contributed by atoms with Gasteiger partial charge in [0.1, 0.15) is 0 Å². The Morgan fingerprint density at radius 2 is 1.67 bits per heavy atom. The number of H-pyrrole nitrogens is 1. The summed E-state index contributed by atoms with van der Waals surface area (Å²) in [5.74, 6) is 0. The fourth-order valence-corrected chi connectivity index (χ4v) is 0.278. The van der Waals surface area contributed by atoms with Crippen molar-refractivity contribution in [3.8, 4) is 0 Å². The van der Waals surface area contributed by atoms with Gasteiger partial charge in [-0.25, -0.2) is 0 Å². The molecule has 0 saturated heterocycles. The van der Waals surface area contributed by atoms with Gasteiger partial charge in [0.05, 0.1) is 0 Å². The Morgan fingerprint density at radius 3 is 1.83 bits per heavy atom. The van der Waals surface area contributed by atoms with E-state index in [1.165, 1.54) is 0 Å². The fourth-order valence-electron chi connectivity index (χ4n) is 0.278. The van der Waals surface area contributed by atoms with Crippen LogP contribution in [0, 0.1) is 0 Å². The first-order chi connectivity index (χ1) is 2.50. The molecule has 1 aromatic heterocycles. The van der Waals surface area contributed by atoms with Crippen LogP contribution in [0.5, 0.6) is 0 Å². The molecule has 1 rings (SSSR count). The third kappa shape index (κ3) is 1.47. The van der Waals surface area contributed by atoms with Crippen molar-refractivity contribution in [1.82, 2.24) is 4.98 Å². The molecule has 0 saturated carbocycles. The van der Waals surface area contributed by atoms with Crippen molar-refractivity contribution in [3.63, 3.8) is 0 Å². The van der Waals surface area contributed by atoms with E-state index in [4.69, 9.17) is 0 Å². The minimum Gasteiger partial charge on any atom is -1.00 e. The Kier molecular flexibility index (Phi) is 3.27. The molecule has 0 aliphatic carbocycles. The molecule has 0 amide bonds. The second-order valence-corrected chi connectivity index (χ2v) is 0.885. The first-order valence-corrected chi connectivity index (χ1v) is 1.58. The van der Waals surface area contributed by atoms with E-state index in [2.05, 4.69) is 4.98 Å². The van der Waals surface area contributed by atoms with Gasteiger partial charge < -0.3 is 7.84 Å². The van der Waals surface area contributed by atoms with Gasteiger partial charge in [-0.3, -0.25) is 0 Å². The van der Waals surface area contributed by atoms with Crippen molar-refractivity contribution in [2.75, 3.05) is 0 Å². The zero-order valence-electron chi connectivity index (χ0n) is 5.52. The molecule has 0 fully saturated rings. The SMILES string of the molecule is [H-].[H-].[Mg+2].c1cc[nH]c1. The van der Waals surface area contributed by atoms with Crippen LogP contribution < -0.4 is 0 Å². The molecule has 1 aromatic rings. The Labute approximate surface area is 55.9 Å². The molecule has 0 spiro atoms. The summed E-state index contributed by atoms with van der Waals surface area (Å²) in [6.07, 6.45) is 3.75. The van der Waals surface area contributed by atoms with E-state index in [0.717, 1.165) is 0 Å². The topological polar surface area (TPSA) is 15.8 Å². The molecule has 1 heterocycles. The van der Waals surface area contributed by atoms with Gasteiger partial charge in [0.25, 0.3) is 0 Å². The fraction of sp³-hybridized carbons (Fsp3) is 0. The minimum atomic E-state index is 0. The molecular weight excluding hydrogens is 86.4 g/mol. The van der Waals surface area contributed by atoms with Gasteiger partial charge in [0, 0.05) is 12.4 Å².